The molecule has 1 amide bonds. The highest BCUT2D eigenvalue weighted by molar-refractivity contribution is 7.21. The zero-order valence-electron chi connectivity index (χ0n) is 17.5. The third kappa shape index (κ3) is 4.49. The lowest BCUT2D eigenvalue weighted by atomic mass is 10.2. The number of ether oxygens (including phenoxy) is 1. The summed E-state index contributed by atoms with van der Waals surface area (Å²) >= 11 is 1.05. The molecule has 0 radical (unpaired) electrons. The molecule has 1 saturated heterocycles. The number of nitrogens with zero attached hydrogens (tertiary/aromatic N) is 4. The van der Waals surface area contributed by atoms with Crippen LogP contribution in [0.2, 0.25) is 0 Å². The zero-order chi connectivity index (χ0) is 22.7. The highest BCUT2D eigenvalue weighted by atomic mass is 32.1. The predicted octanol–water partition coefficient (Wildman–Crippen LogP) is 2.72. The Morgan fingerprint density at radius 3 is 2.81 bits per heavy atom. The molecule has 1 aromatic carbocycles. The maximum absolute atomic E-state index is 13.5. The van der Waals surface area contributed by atoms with Gasteiger partial charge in [0.15, 0.2) is 21.3 Å². The van der Waals surface area contributed by atoms with Crippen LogP contribution in [0, 0.1) is 0 Å². The van der Waals surface area contributed by atoms with Crippen molar-refractivity contribution in [3.8, 4) is 0 Å². The summed E-state index contributed by atoms with van der Waals surface area (Å²) in [4.78, 5) is 36.1. The Balaban J connectivity index is 1.60. The highest BCUT2D eigenvalue weighted by Gasteiger charge is 2.33. The topological polar surface area (TPSA) is 89.3 Å². The van der Waals surface area contributed by atoms with Gasteiger partial charge in [-0.1, -0.05) is 41.7 Å². The van der Waals surface area contributed by atoms with E-state index < -0.39 is 23.9 Å². The van der Waals surface area contributed by atoms with E-state index in [0.717, 1.165) is 27.9 Å². The average molecular weight is 464 g/mol. The van der Waals surface area contributed by atoms with Gasteiger partial charge >= 0.3 is 0 Å². The van der Waals surface area contributed by atoms with Crippen LogP contribution in [-0.4, -0.2) is 46.7 Å². The number of alkyl halides is 2. The summed E-state index contributed by atoms with van der Waals surface area (Å²) in [5, 5.41) is 3.38. The maximum atomic E-state index is 13.5. The number of rotatable bonds is 8. The summed E-state index contributed by atoms with van der Waals surface area (Å²) in [5.74, 6) is -0.738. The molecule has 0 aliphatic carbocycles. The van der Waals surface area contributed by atoms with E-state index in [9.17, 15) is 18.4 Å². The number of halogens is 2. The van der Waals surface area contributed by atoms with Crippen LogP contribution in [0.3, 0.4) is 0 Å². The van der Waals surface area contributed by atoms with Crippen LogP contribution in [0.15, 0.2) is 35.1 Å². The van der Waals surface area contributed by atoms with E-state index in [4.69, 9.17) is 4.74 Å². The number of hydrogen-bond donors (Lipinski definition) is 1. The van der Waals surface area contributed by atoms with Crippen molar-refractivity contribution in [3.63, 3.8) is 0 Å². The predicted molar refractivity (Wildman–Crippen MR) is 117 cm³/mol. The lowest BCUT2D eigenvalue weighted by Gasteiger charge is -2.23. The molecule has 8 nitrogen and oxygen atoms in total. The van der Waals surface area contributed by atoms with Crippen LogP contribution in [0.25, 0.3) is 10.3 Å². The van der Waals surface area contributed by atoms with Crippen LogP contribution >= 0.6 is 11.3 Å². The minimum absolute atomic E-state index is 0.0286. The lowest BCUT2D eigenvalue weighted by Crippen LogP contribution is -2.43. The van der Waals surface area contributed by atoms with Gasteiger partial charge in [-0.05, 0) is 18.4 Å². The molecule has 3 heterocycles. The number of aromatic nitrogens is 3. The second kappa shape index (κ2) is 9.70. The first-order valence-corrected chi connectivity index (χ1v) is 11.1. The quantitative estimate of drug-likeness (QED) is 0.553. The second-order valence-corrected chi connectivity index (χ2v) is 8.38. The van der Waals surface area contributed by atoms with Gasteiger partial charge < -0.3 is 15.0 Å². The summed E-state index contributed by atoms with van der Waals surface area (Å²) in [6.45, 7) is 1.05. The lowest BCUT2D eigenvalue weighted by molar-refractivity contribution is -0.122. The average Bonchev–Trinajstić information content (AvgIpc) is 3.44. The van der Waals surface area contributed by atoms with Gasteiger partial charge in [0.1, 0.15) is 6.04 Å². The van der Waals surface area contributed by atoms with Gasteiger partial charge in [0.25, 0.3) is 12.0 Å². The number of benzene rings is 1. The van der Waals surface area contributed by atoms with Crippen molar-refractivity contribution in [1.29, 1.82) is 0 Å². The molecule has 2 aromatic heterocycles. The number of nitrogens with one attached hydrogen (secondary N) is 1. The summed E-state index contributed by atoms with van der Waals surface area (Å²) in [7, 11) is 1.43. The van der Waals surface area contributed by atoms with E-state index in [0.29, 0.717) is 24.6 Å². The number of carbonyl (C=O) groups is 1. The molecule has 11 heteroatoms. The SMILES string of the molecule is COCCn1c(C(F)F)nc2sc(N3CCCC3C(=O)NCc3ccccc3)nc2c1=O. The molecule has 170 valence electrons. The van der Waals surface area contributed by atoms with Crippen molar-refractivity contribution >= 4 is 32.7 Å². The van der Waals surface area contributed by atoms with Crippen molar-refractivity contribution in [2.24, 2.45) is 0 Å². The largest absolute Gasteiger partial charge is 0.383 e. The Bertz CT molecular complexity index is 1150. The first-order chi connectivity index (χ1) is 15.5. The van der Waals surface area contributed by atoms with Gasteiger partial charge in [-0.2, -0.15) is 0 Å². The highest BCUT2D eigenvalue weighted by Crippen LogP contribution is 2.32. The Hall–Kier alpha value is -2.92. The van der Waals surface area contributed by atoms with Crippen molar-refractivity contribution < 1.29 is 18.3 Å². The number of thiazole rings is 1. The van der Waals surface area contributed by atoms with Crippen molar-refractivity contribution in [3.05, 3.63) is 52.1 Å². The van der Waals surface area contributed by atoms with Gasteiger partial charge in [0.05, 0.1) is 13.2 Å². The van der Waals surface area contributed by atoms with E-state index in [1.54, 1.807) is 0 Å². The molecular weight excluding hydrogens is 440 g/mol. The zero-order valence-corrected chi connectivity index (χ0v) is 18.3. The second-order valence-electron chi connectivity index (χ2n) is 7.43. The molecule has 3 aromatic rings. The Kier molecular flexibility index (Phi) is 6.75. The molecule has 0 spiro atoms. The van der Waals surface area contributed by atoms with Gasteiger partial charge in [-0.25, -0.2) is 18.7 Å². The molecule has 1 fully saturated rings. The fraction of sp³-hybridized carbons (Fsp3) is 0.429. The summed E-state index contributed by atoms with van der Waals surface area (Å²) < 4.78 is 32.9. The van der Waals surface area contributed by atoms with Gasteiger partial charge in [-0.15, -0.1) is 0 Å². The molecule has 0 saturated carbocycles. The van der Waals surface area contributed by atoms with Crippen molar-refractivity contribution in [2.45, 2.75) is 38.4 Å². The molecule has 32 heavy (non-hydrogen) atoms. The van der Waals surface area contributed by atoms with E-state index >= 15 is 0 Å². The number of carbonyl (C=O) groups excluding carboxylic acids is 1. The summed E-state index contributed by atoms with van der Waals surface area (Å²) in [5.41, 5.74) is 0.390. The standard InChI is InChI=1S/C21H23F2N5O3S/c1-31-11-10-28-17(16(22)23)26-19-15(20(28)30)25-21(32-19)27-9-5-8-14(27)18(29)24-12-13-6-3-2-4-7-13/h2-4,6-7,14,16H,5,8-12H2,1H3,(H,24,29). The fourth-order valence-corrected chi connectivity index (χ4v) is 4.79. The molecule has 1 aliphatic heterocycles. The number of methoxy groups -OCH3 is 1. The number of amides is 1. The van der Waals surface area contributed by atoms with E-state index in [-0.39, 0.29) is 29.4 Å². The third-order valence-corrected chi connectivity index (χ3v) is 6.35. The third-order valence-electron chi connectivity index (χ3n) is 5.36. The van der Waals surface area contributed by atoms with Crippen molar-refractivity contribution in [1.82, 2.24) is 19.9 Å². The number of anilines is 1. The monoisotopic (exact) mass is 463 g/mol. The molecule has 0 bridgehead atoms. The molecule has 1 aliphatic rings. The first kappa shape index (κ1) is 22.3. The normalized spacial score (nSPS) is 16.2. The van der Waals surface area contributed by atoms with E-state index in [2.05, 4.69) is 15.3 Å². The minimum Gasteiger partial charge on any atom is -0.383 e. The minimum atomic E-state index is -2.90. The molecule has 1 atom stereocenters. The molecule has 1 unspecified atom stereocenters. The molecule has 4 rings (SSSR count). The summed E-state index contributed by atoms with van der Waals surface area (Å²) in [6.07, 6.45) is -1.48. The maximum Gasteiger partial charge on any atom is 0.295 e. The first-order valence-electron chi connectivity index (χ1n) is 10.3. The smallest absolute Gasteiger partial charge is 0.295 e. The fourth-order valence-electron chi connectivity index (χ4n) is 3.77. The van der Waals surface area contributed by atoms with Gasteiger partial charge in [0.2, 0.25) is 5.91 Å². The molecule has 1 N–H and O–H groups in total. The Labute approximate surface area is 186 Å². The van der Waals surface area contributed by atoms with Crippen LogP contribution in [0.4, 0.5) is 13.9 Å². The van der Waals surface area contributed by atoms with Crippen LogP contribution < -0.4 is 15.8 Å². The van der Waals surface area contributed by atoms with Gasteiger partial charge in [-0.3, -0.25) is 14.2 Å². The van der Waals surface area contributed by atoms with Crippen molar-refractivity contribution in [2.75, 3.05) is 25.2 Å². The summed E-state index contributed by atoms with van der Waals surface area (Å²) in [6, 6.07) is 9.15. The Morgan fingerprint density at radius 1 is 1.31 bits per heavy atom. The van der Waals surface area contributed by atoms with Crippen LogP contribution in [0.5, 0.6) is 0 Å². The van der Waals surface area contributed by atoms with E-state index in [1.807, 2.05) is 35.2 Å². The molecular formula is C21H23F2N5O3S. The number of fused-ring (bicyclic) bond motifs is 1. The number of hydrogen-bond acceptors (Lipinski definition) is 7. The van der Waals surface area contributed by atoms with Crippen LogP contribution in [0.1, 0.15) is 30.7 Å². The van der Waals surface area contributed by atoms with Gasteiger partial charge in [0, 0.05) is 20.2 Å². The Morgan fingerprint density at radius 2 is 2.09 bits per heavy atom. The van der Waals surface area contributed by atoms with Crippen LogP contribution in [-0.2, 0) is 22.6 Å². The van der Waals surface area contributed by atoms with E-state index in [1.165, 1.54) is 7.11 Å².